The normalized spacial score (nSPS) is 12.4. The molecule has 0 saturated carbocycles. The first kappa shape index (κ1) is 16.0. The van der Waals surface area contributed by atoms with Crippen molar-refractivity contribution < 1.29 is 13.2 Å². The number of nitrogens with one attached hydrogen (secondary N) is 1. The van der Waals surface area contributed by atoms with Crippen LogP contribution >= 0.6 is 15.9 Å². The summed E-state index contributed by atoms with van der Waals surface area (Å²) in [4.78, 5) is 0. The summed E-state index contributed by atoms with van der Waals surface area (Å²) >= 11 is 3.14. The zero-order valence-corrected chi connectivity index (χ0v) is 13.1. The number of hydrogen-bond acceptors (Lipinski definition) is 1. The maximum absolute atomic E-state index is 13.8. The molecule has 0 bridgehead atoms. The van der Waals surface area contributed by atoms with Crippen molar-refractivity contribution in [1.82, 2.24) is 5.32 Å². The van der Waals surface area contributed by atoms with E-state index >= 15 is 0 Å². The van der Waals surface area contributed by atoms with Gasteiger partial charge in [-0.3, -0.25) is 0 Å². The Morgan fingerprint density at radius 2 is 1.86 bits per heavy atom. The predicted molar refractivity (Wildman–Crippen MR) is 80.6 cm³/mol. The second-order valence-electron chi connectivity index (χ2n) is 4.70. The SMILES string of the molecule is CCNC(Cc1cccc(F)c1F)c1ccc(F)c(Br)c1. The van der Waals surface area contributed by atoms with Crippen LogP contribution in [0.15, 0.2) is 40.9 Å². The van der Waals surface area contributed by atoms with Crippen LogP contribution in [-0.2, 0) is 6.42 Å². The van der Waals surface area contributed by atoms with Crippen LogP contribution in [0, 0.1) is 17.5 Å². The van der Waals surface area contributed by atoms with Crippen molar-refractivity contribution in [2.75, 3.05) is 6.54 Å². The topological polar surface area (TPSA) is 12.0 Å². The minimum Gasteiger partial charge on any atom is -0.310 e. The first-order chi connectivity index (χ1) is 10.0. The molecule has 0 aliphatic carbocycles. The van der Waals surface area contributed by atoms with Crippen LogP contribution in [0.1, 0.15) is 24.1 Å². The molecule has 0 aliphatic rings. The second-order valence-corrected chi connectivity index (χ2v) is 5.56. The highest BCUT2D eigenvalue weighted by molar-refractivity contribution is 9.10. The Kier molecular flexibility index (Phi) is 5.42. The molecule has 1 N–H and O–H groups in total. The lowest BCUT2D eigenvalue weighted by Crippen LogP contribution is -2.23. The molecular formula is C16H15BrF3N. The number of rotatable bonds is 5. The smallest absolute Gasteiger partial charge is 0.162 e. The van der Waals surface area contributed by atoms with Gasteiger partial charge in [-0.25, -0.2) is 13.2 Å². The summed E-state index contributed by atoms with van der Waals surface area (Å²) in [6, 6.07) is 8.56. The molecule has 5 heteroatoms. The van der Waals surface area contributed by atoms with E-state index in [1.165, 1.54) is 12.1 Å². The Bertz CT molecular complexity index is 631. The monoisotopic (exact) mass is 357 g/mol. The lowest BCUT2D eigenvalue weighted by Gasteiger charge is -2.19. The van der Waals surface area contributed by atoms with Crippen LogP contribution in [0.4, 0.5) is 13.2 Å². The Morgan fingerprint density at radius 3 is 2.52 bits per heavy atom. The van der Waals surface area contributed by atoms with Crippen molar-refractivity contribution in [2.45, 2.75) is 19.4 Å². The number of halogens is 4. The third kappa shape index (κ3) is 3.86. The predicted octanol–water partition coefficient (Wildman–Crippen LogP) is 4.76. The summed E-state index contributed by atoms with van der Waals surface area (Å²) in [5.41, 5.74) is 1.11. The number of hydrogen-bond donors (Lipinski definition) is 1. The van der Waals surface area contributed by atoms with E-state index in [4.69, 9.17) is 0 Å². The van der Waals surface area contributed by atoms with Crippen molar-refractivity contribution >= 4 is 15.9 Å². The highest BCUT2D eigenvalue weighted by Crippen LogP contribution is 2.25. The molecular weight excluding hydrogens is 343 g/mol. The van der Waals surface area contributed by atoms with Crippen molar-refractivity contribution in [2.24, 2.45) is 0 Å². The fourth-order valence-electron chi connectivity index (χ4n) is 2.21. The molecule has 0 aliphatic heterocycles. The van der Waals surface area contributed by atoms with Gasteiger partial charge < -0.3 is 5.32 Å². The minimum atomic E-state index is -0.858. The highest BCUT2D eigenvalue weighted by atomic mass is 79.9. The van der Waals surface area contributed by atoms with Gasteiger partial charge in [0, 0.05) is 6.04 Å². The van der Waals surface area contributed by atoms with E-state index in [0.29, 0.717) is 16.6 Å². The van der Waals surface area contributed by atoms with Crippen LogP contribution < -0.4 is 5.32 Å². The Hall–Kier alpha value is -1.33. The van der Waals surface area contributed by atoms with Gasteiger partial charge in [-0.1, -0.05) is 25.1 Å². The van der Waals surface area contributed by atoms with Gasteiger partial charge in [0.25, 0.3) is 0 Å². The van der Waals surface area contributed by atoms with Crippen LogP contribution in [0.3, 0.4) is 0 Å². The number of likely N-dealkylation sites (N-methyl/N-ethyl adjacent to an activating group) is 1. The standard InChI is InChI=1S/C16H15BrF3N/c1-2-21-15(10-6-7-13(18)12(17)8-10)9-11-4-3-5-14(19)16(11)20/h3-8,15,21H,2,9H2,1H3. The molecule has 1 atom stereocenters. The largest absolute Gasteiger partial charge is 0.310 e. The van der Waals surface area contributed by atoms with Gasteiger partial charge in [0.1, 0.15) is 5.82 Å². The third-order valence-corrected chi connectivity index (χ3v) is 3.86. The van der Waals surface area contributed by atoms with Crippen molar-refractivity contribution in [3.63, 3.8) is 0 Å². The van der Waals surface area contributed by atoms with Crippen LogP contribution in [0.25, 0.3) is 0 Å². The van der Waals surface area contributed by atoms with E-state index in [0.717, 1.165) is 11.6 Å². The van der Waals surface area contributed by atoms with Gasteiger partial charge in [-0.2, -0.15) is 0 Å². The van der Waals surface area contributed by atoms with Gasteiger partial charge in [-0.05, 0) is 58.2 Å². The molecule has 21 heavy (non-hydrogen) atoms. The fourth-order valence-corrected chi connectivity index (χ4v) is 2.61. The molecule has 0 heterocycles. The molecule has 0 radical (unpaired) electrons. The molecule has 112 valence electrons. The van der Waals surface area contributed by atoms with E-state index in [-0.39, 0.29) is 18.3 Å². The van der Waals surface area contributed by atoms with Crippen LogP contribution in [0.5, 0.6) is 0 Å². The maximum atomic E-state index is 13.8. The highest BCUT2D eigenvalue weighted by Gasteiger charge is 2.16. The van der Waals surface area contributed by atoms with E-state index in [9.17, 15) is 13.2 Å². The molecule has 2 rings (SSSR count). The first-order valence-electron chi connectivity index (χ1n) is 6.64. The zero-order valence-electron chi connectivity index (χ0n) is 11.5. The number of benzene rings is 2. The Labute approximate surface area is 130 Å². The van der Waals surface area contributed by atoms with Gasteiger partial charge in [0.05, 0.1) is 4.47 Å². The summed E-state index contributed by atoms with van der Waals surface area (Å²) in [6.45, 7) is 2.59. The summed E-state index contributed by atoms with van der Waals surface area (Å²) in [7, 11) is 0. The maximum Gasteiger partial charge on any atom is 0.162 e. The molecule has 2 aromatic carbocycles. The molecule has 2 aromatic rings. The average molecular weight is 358 g/mol. The molecule has 1 nitrogen and oxygen atoms in total. The summed E-state index contributed by atoms with van der Waals surface area (Å²) in [5.74, 6) is -2.05. The molecule has 0 fully saturated rings. The molecule has 0 amide bonds. The third-order valence-electron chi connectivity index (χ3n) is 3.25. The van der Waals surface area contributed by atoms with Gasteiger partial charge in [-0.15, -0.1) is 0 Å². The zero-order chi connectivity index (χ0) is 15.4. The van der Waals surface area contributed by atoms with Gasteiger partial charge >= 0.3 is 0 Å². The lowest BCUT2D eigenvalue weighted by molar-refractivity contribution is 0.481. The van der Waals surface area contributed by atoms with Gasteiger partial charge in [0.2, 0.25) is 0 Å². The first-order valence-corrected chi connectivity index (χ1v) is 7.43. The van der Waals surface area contributed by atoms with E-state index in [1.807, 2.05) is 6.92 Å². The quantitative estimate of drug-likeness (QED) is 0.813. The van der Waals surface area contributed by atoms with Crippen molar-refractivity contribution in [3.05, 3.63) is 69.4 Å². The fraction of sp³-hybridized carbons (Fsp3) is 0.250. The van der Waals surface area contributed by atoms with E-state index < -0.39 is 11.6 Å². The second kappa shape index (κ2) is 7.09. The van der Waals surface area contributed by atoms with E-state index in [2.05, 4.69) is 21.2 Å². The molecule has 0 aromatic heterocycles. The molecule has 0 spiro atoms. The lowest BCUT2D eigenvalue weighted by atomic mass is 9.98. The van der Waals surface area contributed by atoms with Gasteiger partial charge in [0.15, 0.2) is 11.6 Å². The Balaban J connectivity index is 2.30. The summed E-state index contributed by atoms with van der Waals surface area (Å²) in [6.07, 6.45) is 0.287. The minimum absolute atomic E-state index is 0.219. The molecule has 1 unspecified atom stereocenters. The van der Waals surface area contributed by atoms with Crippen LogP contribution in [0.2, 0.25) is 0 Å². The van der Waals surface area contributed by atoms with Crippen molar-refractivity contribution in [1.29, 1.82) is 0 Å². The summed E-state index contributed by atoms with van der Waals surface area (Å²) in [5, 5.41) is 3.21. The molecule has 0 saturated heterocycles. The van der Waals surface area contributed by atoms with Crippen LogP contribution in [-0.4, -0.2) is 6.54 Å². The average Bonchev–Trinajstić information content (AvgIpc) is 2.46. The summed E-state index contributed by atoms with van der Waals surface area (Å²) < 4.78 is 40.7. The Morgan fingerprint density at radius 1 is 1.10 bits per heavy atom. The van der Waals surface area contributed by atoms with E-state index in [1.54, 1.807) is 18.2 Å². The van der Waals surface area contributed by atoms with Crippen molar-refractivity contribution in [3.8, 4) is 0 Å².